The van der Waals surface area contributed by atoms with Crippen molar-refractivity contribution in [3.05, 3.63) is 30.1 Å². The van der Waals surface area contributed by atoms with Gasteiger partial charge in [0.1, 0.15) is 11.4 Å². The number of carbonyl (C=O) groups excluding carboxylic acids is 2. The fraction of sp³-hybridized carbons (Fsp3) is 0.385. The Morgan fingerprint density at radius 2 is 2.00 bits per heavy atom. The number of amides is 2. The second-order valence-corrected chi connectivity index (χ2v) is 4.92. The molecule has 1 aromatic rings. The van der Waals surface area contributed by atoms with Crippen molar-refractivity contribution < 1.29 is 14.0 Å². The van der Waals surface area contributed by atoms with Crippen LogP contribution >= 0.6 is 0 Å². The maximum absolute atomic E-state index is 12.9. The minimum absolute atomic E-state index is 0.0243. The number of β-lactam (4-membered cyclic amide) rings is 1. The first-order chi connectivity index (χ1) is 8.55. The highest BCUT2D eigenvalue weighted by Crippen LogP contribution is 2.42. The van der Waals surface area contributed by atoms with Crippen LogP contribution in [0, 0.1) is 11.7 Å². The maximum Gasteiger partial charge on any atom is 0.248 e. The molecule has 4 nitrogen and oxygen atoms in total. The summed E-state index contributed by atoms with van der Waals surface area (Å²) in [4.78, 5) is 25.5. The van der Waals surface area contributed by atoms with Crippen molar-refractivity contribution in [1.29, 1.82) is 0 Å². The number of halogens is 1. The summed E-state index contributed by atoms with van der Waals surface area (Å²) in [5.41, 5.74) is -0.185. The lowest BCUT2D eigenvalue weighted by Gasteiger charge is -2.46. The fourth-order valence-corrected chi connectivity index (χ4v) is 2.85. The van der Waals surface area contributed by atoms with Crippen molar-refractivity contribution in [3.8, 4) is 0 Å². The Morgan fingerprint density at radius 3 is 2.50 bits per heavy atom. The van der Waals surface area contributed by atoms with E-state index < -0.39 is 5.54 Å². The summed E-state index contributed by atoms with van der Waals surface area (Å²) in [6.45, 7) is 2.37. The molecule has 1 spiro atoms. The minimum Gasteiger partial charge on any atom is -0.351 e. The van der Waals surface area contributed by atoms with Gasteiger partial charge in [-0.05, 0) is 30.2 Å². The largest absolute Gasteiger partial charge is 0.351 e. The highest BCUT2D eigenvalue weighted by molar-refractivity contribution is 6.10. The Bertz CT molecular complexity index is 528. The van der Waals surface area contributed by atoms with Gasteiger partial charge >= 0.3 is 0 Å². The molecule has 2 aliphatic heterocycles. The third-order valence-electron chi connectivity index (χ3n) is 3.94. The van der Waals surface area contributed by atoms with Crippen molar-refractivity contribution >= 4 is 17.5 Å². The van der Waals surface area contributed by atoms with Crippen molar-refractivity contribution in [2.75, 3.05) is 11.4 Å². The molecule has 1 aromatic carbocycles. The van der Waals surface area contributed by atoms with Gasteiger partial charge in [-0.25, -0.2) is 4.39 Å². The Kier molecular flexibility index (Phi) is 2.20. The molecule has 0 saturated carbocycles. The van der Waals surface area contributed by atoms with E-state index in [1.165, 1.54) is 17.0 Å². The monoisotopic (exact) mass is 248 g/mol. The molecule has 2 aliphatic rings. The molecule has 18 heavy (non-hydrogen) atoms. The Labute approximate surface area is 104 Å². The van der Waals surface area contributed by atoms with Crippen LogP contribution in [-0.2, 0) is 9.59 Å². The molecule has 94 valence electrons. The van der Waals surface area contributed by atoms with Crippen LogP contribution in [0.5, 0.6) is 0 Å². The lowest BCUT2D eigenvalue weighted by molar-refractivity contribution is -0.135. The fourth-order valence-electron chi connectivity index (χ4n) is 2.85. The molecule has 2 fully saturated rings. The summed E-state index contributed by atoms with van der Waals surface area (Å²) in [5.74, 6) is -0.580. The molecule has 0 aliphatic carbocycles. The predicted molar refractivity (Wildman–Crippen MR) is 63.4 cm³/mol. The smallest absolute Gasteiger partial charge is 0.248 e. The second-order valence-electron chi connectivity index (χ2n) is 4.92. The molecule has 2 atom stereocenters. The lowest BCUT2D eigenvalue weighted by Crippen LogP contribution is -2.73. The number of carbonyl (C=O) groups is 2. The third-order valence-corrected chi connectivity index (χ3v) is 3.94. The first-order valence-electron chi connectivity index (χ1n) is 5.92. The van der Waals surface area contributed by atoms with Gasteiger partial charge in [-0.15, -0.1) is 0 Å². The van der Waals surface area contributed by atoms with Gasteiger partial charge in [0.15, 0.2) is 0 Å². The molecule has 2 amide bonds. The molecule has 1 N–H and O–H groups in total. The average Bonchev–Trinajstić information content (AvgIpc) is 2.62. The van der Waals surface area contributed by atoms with E-state index in [2.05, 4.69) is 5.32 Å². The van der Waals surface area contributed by atoms with E-state index in [4.69, 9.17) is 0 Å². The van der Waals surface area contributed by atoms with E-state index in [0.29, 0.717) is 18.7 Å². The molecule has 0 aromatic heterocycles. The highest BCUT2D eigenvalue weighted by atomic mass is 19.1. The zero-order chi connectivity index (χ0) is 12.9. The van der Waals surface area contributed by atoms with Crippen LogP contribution < -0.4 is 10.2 Å². The highest BCUT2D eigenvalue weighted by Gasteiger charge is 2.61. The van der Waals surface area contributed by atoms with Gasteiger partial charge in [0.05, 0.1) is 6.54 Å². The normalized spacial score (nSPS) is 30.6. The Hall–Kier alpha value is -1.91. The lowest BCUT2D eigenvalue weighted by atomic mass is 9.79. The molecule has 2 heterocycles. The number of anilines is 1. The standard InChI is InChI=1S/C13H13FN2O2/c1-8-6-11(17)16(13(8)7-15-12(13)18)10-4-2-9(14)3-5-10/h2-5,8H,6-7H2,1H3,(H,15,18). The van der Waals surface area contributed by atoms with Gasteiger partial charge in [-0.2, -0.15) is 0 Å². The molecule has 0 bridgehead atoms. The van der Waals surface area contributed by atoms with Crippen LogP contribution in [0.1, 0.15) is 13.3 Å². The average molecular weight is 248 g/mol. The van der Waals surface area contributed by atoms with E-state index in [-0.39, 0.29) is 23.5 Å². The Balaban J connectivity index is 2.06. The van der Waals surface area contributed by atoms with E-state index >= 15 is 0 Å². The van der Waals surface area contributed by atoms with Gasteiger partial charge in [0.2, 0.25) is 11.8 Å². The number of nitrogens with one attached hydrogen (secondary N) is 1. The van der Waals surface area contributed by atoms with E-state index in [1.807, 2.05) is 6.92 Å². The molecular weight excluding hydrogens is 235 g/mol. The zero-order valence-electron chi connectivity index (χ0n) is 9.94. The molecule has 0 radical (unpaired) electrons. The predicted octanol–water partition coefficient (Wildman–Crippen LogP) is 1.07. The van der Waals surface area contributed by atoms with Crippen LogP contribution in [-0.4, -0.2) is 23.9 Å². The van der Waals surface area contributed by atoms with Gasteiger partial charge in [-0.1, -0.05) is 6.92 Å². The van der Waals surface area contributed by atoms with Gasteiger partial charge < -0.3 is 5.32 Å². The maximum atomic E-state index is 12.9. The third kappa shape index (κ3) is 1.24. The van der Waals surface area contributed by atoms with Crippen LogP contribution in [0.15, 0.2) is 24.3 Å². The van der Waals surface area contributed by atoms with E-state index in [1.54, 1.807) is 12.1 Å². The minimum atomic E-state index is -0.769. The van der Waals surface area contributed by atoms with Crippen LogP contribution in [0.4, 0.5) is 10.1 Å². The number of hydrogen-bond acceptors (Lipinski definition) is 2. The summed E-state index contributed by atoms with van der Waals surface area (Å²) in [7, 11) is 0. The molecular formula is C13H13FN2O2. The van der Waals surface area contributed by atoms with Crippen molar-refractivity contribution in [2.45, 2.75) is 18.9 Å². The van der Waals surface area contributed by atoms with Crippen molar-refractivity contribution in [1.82, 2.24) is 5.32 Å². The summed E-state index contributed by atoms with van der Waals surface area (Å²) in [6.07, 6.45) is 0.352. The van der Waals surface area contributed by atoms with Crippen LogP contribution in [0.2, 0.25) is 0 Å². The second kappa shape index (κ2) is 3.54. The van der Waals surface area contributed by atoms with E-state index in [9.17, 15) is 14.0 Å². The number of rotatable bonds is 1. The Morgan fingerprint density at radius 1 is 1.33 bits per heavy atom. The van der Waals surface area contributed by atoms with Crippen molar-refractivity contribution in [2.24, 2.45) is 5.92 Å². The van der Waals surface area contributed by atoms with E-state index in [0.717, 1.165) is 0 Å². The molecule has 2 unspecified atom stereocenters. The number of hydrogen-bond donors (Lipinski definition) is 1. The van der Waals surface area contributed by atoms with Gasteiger partial charge in [-0.3, -0.25) is 14.5 Å². The zero-order valence-corrected chi connectivity index (χ0v) is 9.94. The van der Waals surface area contributed by atoms with Gasteiger partial charge in [0, 0.05) is 12.1 Å². The summed E-state index contributed by atoms with van der Waals surface area (Å²) in [6, 6.07) is 5.68. The number of nitrogens with zero attached hydrogens (tertiary/aromatic N) is 1. The van der Waals surface area contributed by atoms with Crippen molar-refractivity contribution in [3.63, 3.8) is 0 Å². The summed E-state index contributed by atoms with van der Waals surface area (Å²) in [5, 5.41) is 2.70. The summed E-state index contributed by atoms with van der Waals surface area (Å²) < 4.78 is 12.9. The van der Waals surface area contributed by atoms with Crippen LogP contribution in [0.25, 0.3) is 0 Å². The number of benzene rings is 1. The quantitative estimate of drug-likeness (QED) is 0.756. The first-order valence-corrected chi connectivity index (χ1v) is 5.92. The SMILES string of the molecule is CC1CC(=O)N(c2ccc(F)cc2)C12CNC2=O. The van der Waals surface area contributed by atoms with Gasteiger partial charge in [0.25, 0.3) is 0 Å². The molecule has 2 saturated heterocycles. The van der Waals surface area contributed by atoms with Crippen LogP contribution in [0.3, 0.4) is 0 Å². The molecule has 5 heteroatoms. The summed E-state index contributed by atoms with van der Waals surface area (Å²) >= 11 is 0. The topological polar surface area (TPSA) is 49.4 Å². The first kappa shape index (κ1) is 11.2. The molecule has 3 rings (SSSR count).